The van der Waals surface area contributed by atoms with E-state index < -0.39 is 5.92 Å². The number of carbonyl (C=O) groups is 1. The third-order valence-corrected chi connectivity index (χ3v) is 6.41. The SMILES string of the molecule is CC.CC.CCOc1ncc(C)c2c1C(c1ccc(C#N)cc1OC)C(C(=O)NC(C)c1ccccc1)=C(C)N2. The summed E-state index contributed by atoms with van der Waals surface area (Å²) in [5.74, 6) is 0.240. The number of aryl methyl sites for hydroxylation is 1. The standard InChI is InChI=1S/C29H30N4O3.2C2H6/c1-6-36-29-26-25(22-13-12-20(15-30)14-23(22)35-5)24(19(4)32-27(26)17(2)16-31-29)28(34)33-18(3)21-10-8-7-9-11-21;2*1-2/h7-14,16,18,25,32H,6H2,1-5H3,(H,33,34);2*1-2H3. The first-order valence-electron chi connectivity index (χ1n) is 13.9. The molecule has 2 atom stereocenters. The van der Waals surface area contributed by atoms with Crippen molar-refractivity contribution in [3.05, 3.63) is 93.8 Å². The van der Waals surface area contributed by atoms with E-state index >= 15 is 0 Å². The van der Waals surface area contributed by atoms with Gasteiger partial charge in [-0.1, -0.05) is 64.1 Å². The Hall–Kier alpha value is -4.31. The summed E-state index contributed by atoms with van der Waals surface area (Å²) >= 11 is 0. The highest BCUT2D eigenvalue weighted by Gasteiger charge is 2.38. The molecule has 0 fully saturated rings. The van der Waals surface area contributed by atoms with Crippen LogP contribution in [0.3, 0.4) is 0 Å². The molecule has 0 aliphatic carbocycles. The number of carbonyl (C=O) groups excluding carboxylic acids is 1. The summed E-state index contributed by atoms with van der Waals surface area (Å²) in [5, 5.41) is 16.0. The number of hydrogen-bond acceptors (Lipinski definition) is 6. The molecule has 3 aromatic rings. The van der Waals surface area contributed by atoms with Crippen molar-refractivity contribution >= 4 is 11.6 Å². The molecule has 0 spiro atoms. The van der Waals surface area contributed by atoms with Gasteiger partial charge in [0, 0.05) is 23.0 Å². The molecule has 4 rings (SSSR count). The van der Waals surface area contributed by atoms with Gasteiger partial charge in [0.25, 0.3) is 0 Å². The molecule has 0 radical (unpaired) electrons. The summed E-state index contributed by atoms with van der Waals surface area (Å²) in [7, 11) is 1.56. The third kappa shape index (κ3) is 6.81. The van der Waals surface area contributed by atoms with Crippen molar-refractivity contribution in [2.24, 2.45) is 0 Å². The van der Waals surface area contributed by atoms with Gasteiger partial charge in [0.1, 0.15) is 5.75 Å². The molecule has 7 heteroatoms. The predicted octanol–water partition coefficient (Wildman–Crippen LogP) is 7.43. The van der Waals surface area contributed by atoms with Gasteiger partial charge in [-0.2, -0.15) is 5.26 Å². The summed E-state index contributed by atoms with van der Waals surface area (Å²) in [6.07, 6.45) is 1.76. The monoisotopic (exact) mass is 542 g/mol. The molecule has 1 aliphatic rings. The number of pyridine rings is 1. The van der Waals surface area contributed by atoms with Crippen molar-refractivity contribution in [2.45, 2.75) is 67.3 Å². The van der Waals surface area contributed by atoms with Crippen LogP contribution in [0.1, 0.15) is 88.2 Å². The Morgan fingerprint density at radius 3 is 2.40 bits per heavy atom. The second-order valence-electron chi connectivity index (χ2n) is 8.74. The van der Waals surface area contributed by atoms with Crippen molar-refractivity contribution in [2.75, 3.05) is 19.0 Å². The van der Waals surface area contributed by atoms with Crippen LogP contribution >= 0.6 is 0 Å². The largest absolute Gasteiger partial charge is 0.496 e. The molecule has 1 aromatic heterocycles. The number of fused-ring (bicyclic) bond motifs is 1. The Bertz CT molecular complexity index is 1360. The first-order chi connectivity index (χ1) is 19.4. The van der Waals surface area contributed by atoms with Crippen molar-refractivity contribution in [1.82, 2.24) is 10.3 Å². The number of methoxy groups -OCH3 is 1. The molecule has 2 heterocycles. The van der Waals surface area contributed by atoms with E-state index in [1.807, 2.05) is 91.8 Å². The minimum absolute atomic E-state index is 0.203. The summed E-state index contributed by atoms with van der Waals surface area (Å²) in [6, 6.07) is 17.1. The van der Waals surface area contributed by atoms with Crippen LogP contribution in [-0.2, 0) is 4.79 Å². The molecule has 2 aromatic carbocycles. The third-order valence-electron chi connectivity index (χ3n) is 6.41. The fourth-order valence-corrected chi connectivity index (χ4v) is 4.64. The molecule has 2 N–H and O–H groups in total. The molecular formula is C33H42N4O3. The lowest BCUT2D eigenvalue weighted by Gasteiger charge is -2.33. The molecule has 1 aliphatic heterocycles. The lowest BCUT2D eigenvalue weighted by molar-refractivity contribution is -0.118. The van der Waals surface area contributed by atoms with Crippen LogP contribution in [0.5, 0.6) is 11.6 Å². The smallest absolute Gasteiger partial charge is 0.250 e. The van der Waals surface area contributed by atoms with Crippen LogP contribution in [0.15, 0.2) is 66.0 Å². The highest BCUT2D eigenvalue weighted by molar-refractivity contribution is 5.99. The summed E-state index contributed by atoms with van der Waals surface area (Å²) in [6.45, 7) is 16.2. The highest BCUT2D eigenvalue weighted by Crippen LogP contribution is 2.49. The number of hydrogen-bond donors (Lipinski definition) is 2. The number of anilines is 1. The number of nitrogens with zero attached hydrogens (tertiary/aromatic N) is 2. The van der Waals surface area contributed by atoms with Gasteiger partial charge in [-0.3, -0.25) is 4.79 Å². The Labute approximate surface area is 239 Å². The van der Waals surface area contributed by atoms with E-state index in [0.29, 0.717) is 29.4 Å². The molecule has 1 amide bonds. The zero-order valence-electron chi connectivity index (χ0n) is 25.2. The van der Waals surface area contributed by atoms with E-state index in [2.05, 4.69) is 21.7 Å². The maximum absolute atomic E-state index is 13.9. The number of ether oxygens (including phenoxy) is 2. The van der Waals surface area contributed by atoms with Gasteiger partial charge in [0.05, 0.1) is 48.6 Å². The molecular weight excluding hydrogens is 500 g/mol. The lowest BCUT2D eigenvalue weighted by Crippen LogP contribution is -2.34. The van der Waals surface area contributed by atoms with Crippen molar-refractivity contribution in [3.63, 3.8) is 0 Å². The Kier molecular flexibility index (Phi) is 12.2. The number of nitrogens with one attached hydrogen (secondary N) is 2. The van der Waals surface area contributed by atoms with E-state index in [-0.39, 0.29) is 11.9 Å². The van der Waals surface area contributed by atoms with Crippen LogP contribution < -0.4 is 20.1 Å². The molecule has 212 valence electrons. The van der Waals surface area contributed by atoms with Crippen LogP contribution in [0.2, 0.25) is 0 Å². The minimum Gasteiger partial charge on any atom is -0.496 e. The van der Waals surface area contributed by atoms with Gasteiger partial charge in [-0.15, -0.1) is 0 Å². The molecule has 40 heavy (non-hydrogen) atoms. The predicted molar refractivity (Wildman–Crippen MR) is 162 cm³/mol. The molecule has 7 nitrogen and oxygen atoms in total. The molecule has 0 saturated heterocycles. The Morgan fingerprint density at radius 2 is 1.80 bits per heavy atom. The number of nitriles is 1. The van der Waals surface area contributed by atoms with Crippen LogP contribution in [-0.4, -0.2) is 24.6 Å². The summed E-state index contributed by atoms with van der Waals surface area (Å²) < 4.78 is 11.7. The van der Waals surface area contributed by atoms with Gasteiger partial charge >= 0.3 is 0 Å². The summed E-state index contributed by atoms with van der Waals surface area (Å²) in [5.41, 5.74) is 6.06. The number of rotatable bonds is 7. The first kappa shape index (κ1) is 31.9. The molecule has 0 bridgehead atoms. The lowest BCUT2D eigenvalue weighted by atomic mass is 9.79. The van der Waals surface area contributed by atoms with Crippen LogP contribution in [0.4, 0.5) is 5.69 Å². The number of amides is 1. The van der Waals surface area contributed by atoms with Crippen molar-refractivity contribution < 1.29 is 14.3 Å². The van der Waals surface area contributed by atoms with E-state index in [0.717, 1.165) is 33.6 Å². The Morgan fingerprint density at radius 1 is 1.12 bits per heavy atom. The maximum atomic E-state index is 13.9. The average Bonchev–Trinajstić information content (AvgIpc) is 3.00. The van der Waals surface area contributed by atoms with Gasteiger partial charge < -0.3 is 20.1 Å². The topological polar surface area (TPSA) is 96.3 Å². The van der Waals surface area contributed by atoms with E-state index in [1.165, 1.54) is 0 Å². The van der Waals surface area contributed by atoms with Gasteiger partial charge in [-0.25, -0.2) is 4.98 Å². The van der Waals surface area contributed by atoms with E-state index in [9.17, 15) is 10.1 Å². The fourth-order valence-electron chi connectivity index (χ4n) is 4.64. The molecule has 0 saturated carbocycles. The fraction of sp³-hybridized carbons (Fsp3) is 0.364. The first-order valence-corrected chi connectivity index (χ1v) is 13.9. The second-order valence-corrected chi connectivity index (χ2v) is 8.74. The number of aromatic nitrogens is 1. The number of allylic oxidation sites excluding steroid dienone is 1. The molecule has 2 unspecified atom stereocenters. The average molecular weight is 543 g/mol. The zero-order valence-corrected chi connectivity index (χ0v) is 25.2. The quantitative estimate of drug-likeness (QED) is 0.322. The van der Waals surface area contributed by atoms with Crippen LogP contribution in [0.25, 0.3) is 0 Å². The Balaban J connectivity index is 0.00000134. The highest BCUT2D eigenvalue weighted by atomic mass is 16.5. The van der Waals surface area contributed by atoms with Crippen LogP contribution in [0, 0.1) is 18.3 Å². The van der Waals surface area contributed by atoms with Gasteiger partial charge in [0.15, 0.2) is 0 Å². The normalized spacial score (nSPS) is 14.1. The zero-order chi connectivity index (χ0) is 29.8. The minimum atomic E-state index is -0.527. The number of benzene rings is 2. The van der Waals surface area contributed by atoms with Crippen molar-refractivity contribution in [1.29, 1.82) is 5.26 Å². The van der Waals surface area contributed by atoms with E-state index in [1.54, 1.807) is 25.4 Å². The summed E-state index contributed by atoms with van der Waals surface area (Å²) in [4.78, 5) is 18.5. The van der Waals surface area contributed by atoms with E-state index in [4.69, 9.17) is 9.47 Å². The maximum Gasteiger partial charge on any atom is 0.250 e. The van der Waals surface area contributed by atoms with Gasteiger partial charge in [0.2, 0.25) is 11.8 Å². The van der Waals surface area contributed by atoms with Crippen molar-refractivity contribution in [3.8, 4) is 17.7 Å². The van der Waals surface area contributed by atoms with Gasteiger partial charge in [-0.05, 0) is 51.0 Å². The second kappa shape index (κ2) is 15.3.